The van der Waals surface area contributed by atoms with Crippen LogP contribution in [0.15, 0.2) is 5.16 Å². The molecule has 0 fully saturated rings. The Morgan fingerprint density at radius 3 is 2.37 bits per heavy atom. The SMILES string of the molecule is CCOC(=O)c1[nH]c(/C=N/O)c(C(=O)OCC)c1C. The van der Waals surface area contributed by atoms with Gasteiger partial charge in [-0.2, -0.15) is 0 Å². The Bertz CT molecular complexity index is 504. The maximum atomic E-state index is 11.8. The number of carbonyl (C=O) groups excluding carboxylic acids is 2. The van der Waals surface area contributed by atoms with Crippen molar-refractivity contribution in [3.05, 3.63) is 22.5 Å². The van der Waals surface area contributed by atoms with E-state index in [0.29, 0.717) is 5.56 Å². The number of hydrogen-bond donors (Lipinski definition) is 2. The van der Waals surface area contributed by atoms with Gasteiger partial charge in [0.25, 0.3) is 0 Å². The van der Waals surface area contributed by atoms with Crippen LogP contribution in [0.25, 0.3) is 0 Å². The molecule has 1 heterocycles. The first-order chi connectivity index (χ1) is 9.06. The molecule has 2 N–H and O–H groups in total. The highest BCUT2D eigenvalue weighted by atomic mass is 16.5. The molecule has 0 saturated carbocycles. The quantitative estimate of drug-likeness (QED) is 0.364. The number of aromatic amines is 1. The van der Waals surface area contributed by atoms with Gasteiger partial charge < -0.3 is 19.7 Å². The van der Waals surface area contributed by atoms with Crippen molar-refractivity contribution in [3.8, 4) is 0 Å². The Balaban J connectivity index is 3.27. The van der Waals surface area contributed by atoms with Gasteiger partial charge in [-0.05, 0) is 26.3 Å². The highest BCUT2D eigenvalue weighted by Crippen LogP contribution is 2.19. The number of oxime groups is 1. The number of carbonyl (C=O) groups is 2. The molecule has 7 heteroatoms. The molecule has 1 aromatic rings. The van der Waals surface area contributed by atoms with Crippen molar-refractivity contribution >= 4 is 18.2 Å². The standard InChI is InChI=1S/C12H16N2O5/c1-4-18-11(15)9-7(3)10(12(16)19-5-2)14-8(9)6-13-17/h6,14,17H,4-5H2,1-3H3/b13-6+. The zero-order chi connectivity index (χ0) is 14.4. The molecule has 0 bridgehead atoms. The molecular formula is C12H16N2O5. The van der Waals surface area contributed by atoms with Gasteiger partial charge in [-0.15, -0.1) is 0 Å². The van der Waals surface area contributed by atoms with E-state index in [1.54, 1.807) is 20.8 Å². The Morgan fingerprint density at radius 1 is 1.26 bits per heavy atom. The summed E-state index contributed by atoms with van der Waals surface area (Å²) >= 11 is 0. The minimum absolute atomic E-state index is 0.139. The third-order valence-electron chi connectivity index (χ3n) is 2.42. The third-order valence-corrected chi connectivity index (χ3v) is 2.42. The average molecular weight is 268 g/mol. The number of hydrogen-bond acceptors (Lipinski definition) is 6. The largest absolute Gasteiger partial charge is 0.462 e. The fourth-order valence-corrected chi connectivity index (χ4v) is 1.65. The van der Waals surface area contributed by atoms with E-state index in [9.17, 15) is 9.59 Å². The monoisotopic (exact) mass is 268 g/mol. The van der Waals surface area contributed by atoms with E-state index in [-0.39, 0.29) is 30.2 Å². The van der Waals surface area contributed by atoms with Gasteiger partial charge in [-0.3, -0.25) is 0 Å². The van der Waals surface area contributed by atoms with Crippen LogP contribution < -0.4 is 0 Å². The second-order valence-electron chi connectivity index (χ2n) is 3.60. The molecule has 1 rings (SSSR count). The van der Waals surface area contributed by atoms with E-state index in [2.05, 4.69) is 10.1 Å². The zero-order valence-corrected chi connectivity index (χ0v) is 11.0. The molecule has 104 valence electrons. The number of ether oxygens (including phenoxy) is 2. The van der Waals surface area contributed by atoms with E-state index in [0.717, 1.165) is 6.21 Å². The number of rotatable bonds is 5. The van der Waals surface area contributed by atoms with Crippen LogP contribution in [0.5, 0.6) is 0 Å². The second kappa shape index (κ2) is 6.58. The van der Waals surface area contributed by atoms with Gasteiger partial charge in [-0.1, -0.05) is 5.16 Å². The molecule has 19 heavy (non-hydrogen) atoms. The summed E-state index contributed by atoms with van der Waals surface area (Å²) in [6.07, 6.45) is 1.03. The van der Waals surface area contributed by atoms with E-state index < -0.39 is 11.9 Å². The molecule has 0 amide bonds. The molecule has 0 aromatic carbocycles. The van der Waals surface area contributed by atoms with Gasteiger partial charge in [0.1, 0.15) is 5.69 Å². The smallest absolute Gasteiger partial charge is 0.355 e. The first-order valence-corrected chi connectivity index (χ1v) is 5.80. The highest BCUT2D eigenvalue weighted by Gasteiger charge is 2.24. The number of nitrogens with zero attached hydrogens (tertiary/aromatic N) is 1. The fourth-order valence-electron chi connectivity index (χ4n) is 1.65. The lowest BCUT2D eigenvalue weighted by atomic mass is 10.1. The number of nitrogens with one attached hydrogen (secondary N) is 1. The van der Waals surface area contributed by atoms with Gasteiger partial charge in [0.15, 0.2) is 0 Å². The Morgan fingerprint density at radius 2 is 1.84 bits per heavy atom. The van der Waals surface area contributed by atoms with Gasteiger partial charge in [0.2, 0.25) is 0 Å². The molecule has 0 spiro atoms. The molecule has 0 saturated heterocycles. The summed E-state index contributed by atoms with van der Waals surface area (Å²) in [6.45, 7) is 5.36. The maximum absolute atomic E-state index is 11.8. The summed E-state index contributed by atoms with van der Waals surface area (Å²) in [6, 6.07) is 0. The van der Waals surface area contributed by atoms with Gasteiger partial charge in [0, 0.05) is 0 Å². The van der Waals surface area contributed by atoms with Crippen molar-refractivity contribution in [3.63, 3.8) is 0 Å². The summed E-state index contributed by atoms with van der Waals surface area (Å²) in [5.74, 6) is -1.18. The Labute approximate surface area is 110 Å². The predicted octanol–water partition coefficient (Wildman–Crippen LogP) is 1.48. The van der Waals surface area contributed by atoms with Gasteiger partial charge in [-0.25, -0.2) is 9.59 Å². The van der Waals surface area contributed by atoms with Crippen molar-refractivity contribution < 1.29 is 24.3 Å². The molecule has 0 unspecified atom stereocenters. The number of H-pyrrole nitrogens is 1. The van der Waals surface area contributed by atoms with Crippen molar-refractivity contribution in [2.75, 3.05) is 13.2 Å². The summed E-state index contributed by atoms with van der Waals surface area (Å²) in [7, 11) is 0. The van der Waals surface area contributed by atoms with Crippen LogP contribution in [0.4, 0.5) is 0 Å². The van der Waals surface area contributed by atoms with E-state index in [4.69, 9.17) is 14.7 Å². The summed E-state index contributed by atoms with van der Waals surface area (Å²) in [5, 5.41) is 11.4. The summed E-state index contributed by atoms with van der Waals surface area (Å²) in [4.78, 5) is 26.2. The molecule has 1 aromatic heterocycles. The zero-order valence-electron chi connectivity index (χ0n) is 11.0. The first-order valence-electron chi connectivity index (χ1n) is 5.80. The minimum atomic E-state index is -0.596. The van der Waals surface area contributed by atoms with Crippen LogP contribution in [-0.2, 0) is 9.47 Å². The van der Waals surface area contributed by atoms with Crippen molar-refractivity contribution in [2.24, 2.45) is 5.16 Å². The van der Waals surface area contributed by atoms with Crippen LogP contribution in [-0.4, -0.2) is 41.6 Å². The molecule has 0 aliphatic heterocycles. The van der Waals surface area contributed by atoms with Crippen molar-refractivity contribution in [1.82, 2.24) is 4.98 Å². The molecule has 0 aliphatic carbocycles. The lowest BCUT2D eigenvalue weighted by Crippen LogP contribution is -2.09. The first kappa shape index (κ1) is 14.7. The maximum Gasteiger partial charge on any atom is 0.355 e. The van der Waals surface area contributed by atoms with Gasteiger partial charge >= 0.3 is 11.9 Å². The fraction of sp³-hybridized carbons (Fsp3) is 0.417. The highest BCUT2D eigenvalue weighted by molar-refractivity contribution is 6.04. The van der Waals surface area contributed by atoms with Crippen molar-refractivity contribution in [2.45, 2.75) is 20.8 Å². The molecule has 0 atom stereocenters. The number of aromatic nitrogens is 1. The molecular weight excluding hydrogens is 252 g/mol. The van der Waals surface area contributed by atoms with E-state index >= 15 is 0 Å². The Hall–Kier alpha value is -2.31. The molecule has 0 aliphatic rings. The topological polar surface area (TPSA) is 101 Å². The van der Waals surface area contributed by atoms with Crippen LogP contribution in [0, 0.1) is 6.92 Å². The second-order valence-corrected chi connectivity index (χ2v) is 3.60. The van der Waals surface area contributed by atoms with Crippen LogP contribution >= 0.6 is 0 Å². The summed E-state index contributed by atoms with van der Waals surface area (Å²) < 4.78 is 9.76. The lowest BCUT2D eigenvalue weighted by molar-refractivity contribution is 0.0518. The van der Waals surface area contributed by atoms with Crippen molar-refractivity contribution in [1.29, 1.82) is 0 Å². The van der Waals surface area contributed by atoms with Crippen LogP contribution in [0.1, 0.15) is 46.0 Å². The van der Waals surface area contributed by atoms with Gasteiger partial charge in [0.05, 0.1) is 30.7 Å². The average Bonchev–Trinajstić information content (AvgIpc) is 2.67. The van der Waals surface area contributed by atoms with Crippen LogP contribution in [0.2, 0.25) is 0 Å². The normalized spacial score (nSPS) is 10.7. The minimum Gasteiger partial charge on any atom is -0.462 e. The number of esters is 2. The van der Waals surface area contributed by atoms with E-state index in [1.165, 1.54) is 0 Å². The molecule has 7 nitrogen and oxygen atoms in total. The lowest BCUT2D eigenvalue weighted by Gasteiger charge is -2.02. The Kier molecular flexibility index (Phi) is 5.11. The van der Waals surface area contributed by atoms with Crippen LogP contribution in [0.3, 0.4) is 0 Å². The summed E-state index contributed by atoms with van der Waals surface area (Å²) in [5.41, 5.74) is 0.885. The van der Waals surface area contributed by atoms with E-state index in [1.807, 2.05) is 0 Å². The third kappa shape index (κ3) is 3.12. The predicted molar refractivity (Wildman–Crippen MR) is 66.8 cm³/mol. The molecule has 0 radical (unpaired) electrons.